The van der Waals surface area contributed by atoms with E-state index in [0.717, 1.165) is 19.3 Å². The number of anilines is 1. The number of furan rings is 1. The van der Waals surface area contributed by atoms with Crippen molar-refractivity contribution in [3.8, 4) is 0 Å². The number of fused-ring (bicyclic) bond motifs is 1. The van der Waals surface area contributed by atoms with Gasteiger partial charge in [0.2, 0.25) is 5.91 Å². The minimum atomic E-state index is -0.305. The van der Waals surface area contributed by atoms with E-state index in [0.29, 0.717) is 44.6 Å². The summed E-state index contributed by atoms with van der Waals surface area (Å²) < 4.78 is 6.86. The average molecular weight is 539 g/mol. The number of amides is 2. The second kappa shape index (κ2) is 12.6. The molecule has 0 atom stereocenters. The number of unbranched alkanes of at least 4 members (excludes halogenated alkanes) is 2. The van der Waals surface area contributed by atoms with E-state index in [-0.39, 0.29) is 29.7 Å². The molecule has 4 aromatic rings. The number of aromatic nitrogens is 2. The van der Waals surface area contributed by atoms with Crippen molar-refractivity contribution in [1.82, 2.24) is 14.9 Å². The van der Waals surface area contributed by atoms with Crippen molar-refractivity contribution in [1.29, 1.82) is 0 Å². The molecule has 0 spiro atoms. The first-order chi connectivity index (χ1) is 18.0. The van der Waals surface area contributed by atoms with Gasteiger partial charge in [-0.3, -0.25) is 19.0 Å². The van der Waals surface area contributed by atoms with Crippen molar-refractivity contribution >= 4 is 51.8 Å². The molecule has 0 radical (unpaired) electrons. The lowest BCUT2D eigenvalue weighted by atomic mass is 10.1. The van der Waals surface area contributed by atoms with Gasteiger partial charge in [0, 0.05) is 12.1 Å². The van der Waals surface area contributed by atoms with Gasteiger partial charge >= 0.3 is 0 Å². The molecule has 10 heteroatoms. The number of halogens is 1. The fourth-order valence-corrected chi connectivity index (χ4v) is 4.74. The van der Waals surface area contributed by atoms with E-state index in [1.54, 1.807) is 65.4 Å². The van der Waals surface area contributed by atoms with Gasteiger partial charge in [-0.2, -0.15) is 0 Å². The molecule has 2 amide bonds. The van der Waals surface area contributed by atoms with Crippen molar-refractivity contribution in [3.05, 3.63) is 87.6 Å². The quantitative estimate of drug-likeness (QED) is 0.148. The van der Waals surface area contributed by atoms with Crippen LogP contribution in [0.3, 0.4) is 0 Å². The van der Waals surface area contributed by atoms with Gasteiger partial charge in [-0.15, -0.1) is 0 Å². The molecule has 0 saturated carbocycles. The summed E-state index contributed by atoms with van der Waals surface area (Å²) >= 11 is 7.32. The average Bonchev–Trinajstić information content (AvgIpc) is 3.42. The minimum Gasteiger partial charge on any atom is -0.467 e. The van der Waals surface area contributed by atoms with E-state index in [4.69, 9.17) is 16.0 Å². The maximum atomic E-state index is 13.4. The largest absolute Gasteiger partial charge is 0.467 e. The van der Waals surface area contributed by atoms with Crippen LogP contribution in [-0.4, -0.2) is 27.1 Å². The molecule has 0 bridgehead atoms. The van der Waals surface area contributed by atoms with Crippen LogP contribution >= 0.6 is 23.4 Å². The van der Waals surface area contributed by atoms with Crippen molar-refractivity contribution < 1.29 is 14.0 Å². The van der Waals surface area contributed by atoms with Gasteiger partial charge in [-0.1, -0.05) is 55.3 Å². The van der Waals surface area contributed by atoms with Crippen LogP contribution in [0.2, 0.25) is 5.02 Å². The van der Waals surface area contributed by atoms with E-state index in [1.807, 2.05) is 0 Å². The maximum absolute atomic E-state index is 13.4. The SMILES string of the molecule is CCCCCn1c(SCC(=O)Nc2ccccc2Cl)nc2cc(C(=O)NCc3ccco3)ccc2c1=O. The number of nitrogens with one attached hydrogen (secondary N) is 2. The van der Waals surface area contributed by atoms with Gasteiger partial charge in [0.15, 0.2) is 5.16 Å². The molecule has 8 nitrogen and oxygen atoms in total. The van der Waals surface area contributed by atoms with Crippen molar-refractivity contribution in [2.75, 3.05) is 11.1 Å². The van der Waals surface area contributed by atoms with E-state index >= 15 is 0 Å². The second-order valence-corrected chi connectivity index (χ2v) is 9.72. The minimum absolute atomic E-state index is 0.0419. The Morgan fingerprint density at radius 2 is 1.95 bits per heavy atom. The number of carbonyl (C=O) groups is 2. The Labute approximate surface area is 223 Å². The second-order valence-electron chi connectivity index (χ2n) is 8.37. The number of para-hydroxylation sites is 1. The standard InChI is InChI=1S/C27H27ClN4O4S/c1-2-3-6-13-32-26(35)20-12-11-18(25(34)29-16-19-8-7-14-36-19)15-23(20)31-27(32)37-17-24(33)30-22-10-5-4-9-21(22)28/h4-5,7-12,14-15H,2-3,6,13,16-17H2,1H3,(H,29,34)(H,30,33). The number of benzene rings is 2. The summed E-state index contributed by atoms with van der Waals surface area (Å²) in [4.78, 5) is 43.3. The lowest BCUT2D eigenvalue weighted by Gasteiger charge is -2.14. The molecule has 0 aliphatic rings. The van der Waals surface area contributed by atoms with Crippen LogP contribution in [0.5, 0.6) is 0 Å². The fraction of sp³-hybridized carbons (Fsp3) is 0.259. The van der Waals surface area contributed by atoms with Crippen LogP contribution in [0, 0.1) is 0 Å². The normalized spacial score (nSPS) is 11.0. The summed E-state index contributed by atoms with van der Waals surface area (Å²) in [6, 6.07) is 15.3. The highest BCUT2D eigenvalue weighted by atomic mass is 35.5. The van der Waals surface area contributed by atoms with Crippen molar-refractivity contribution in [2.45, 2.75) is 44.4 Å². The maximum Gasteiger partial charge on any atom is 0.262 e. The lowest BCUT2D eigenvalue weighted by Crippen LogP contribution is -2.25. The Morgan fingerprint density at radius 3 is 2.70 bits per heavy atom. The predicted octanol–water partition coefficient (Wildman–Crippen LogP) is 5.49. The van der Waals surface area contributed by atoms with Crippen LogP contribution in [0.4, 0.5) is 5.69 Å². The zero-order valence-corrected chi connectivity index (χ0v) is 21.9. The molecular weight excluding hydrogens is 512 g/mol. The summed E-state index contributed by atoms with van der Waals surface area (Å²) in [7, 11) is 0. The van der Waals surface area contributed by atoms with Gasteiger partial charge in [0.05, 0.1) is 40.2 Å². The van der Waals surface area contributed by atoms with Crippen LogP contribution in [0.15, 0.2) is 75.2 Å². The molecule has 0 aliphatic heterocycles. The monoisotopic (exact) mass is 538 g/mol. The number of nitrogens with zero attached hydrogens (tertiary/aromatic N) is 2. The molecular formula is C27H27ClN4O4S. The van der Waals surface area contributed by atoms with E-state index in [2.05, 4.69) is 22.5 Å². The Hall–Kier alpha value is -3.56. The van der Waals surface area contributed by atoms with Gasteiger partial charge in [-0.25, -0.2) is 4.98 Å². The number of thioether (sulfide) groups is 1. The summed E-state index contributed by atoms with van der Waals surface area (Å²) in [6.07, 6.45) is 4.34. The zero-order valence-electron chi connectivity index (χ0n) is 20.3. The molecule has 2 aromatic carbocycles. The molecule has 2 aromatic heterocycles. The Bertz CT molecular complexity index is 1450. The third kappa shape index (κ3) is 6.81. The van der Waals surface area contributed by atoms with Gasteiger partial charge in [-0.05, 0) is 48.9 Å². The summed E-state index contributed by atoms with van der Waals surface area (Å²) in [6.45, 7) is 2.84. The summed E-state index contributed by atoms with van der Waals surface area (Å²) in [5, 5.41) is 6.87. The molecule has 4 rings (SSSR count). The first-order valence-electron chi connectivity index (χ1n) is 12.0. The summed E-state index contributed by atoms with van der Waals surface area (Å²) in [5.41, 5.74) is 1.10. The molecule has 0 aliphatic carbocycles. The van der Waals surface area contributed by atoms with Crippen LogP contribution in [0.1, 0.15) is 42.3 Å². The smallest absolute Gasteiger partial charge is 0.262 e. The fourth-order valence-electron chi connectivity index (χ4n) is 3.73. The highest BCUT2D eigenvalue weighted by Crippen LogP contribution is 2.23. The Balaban J connectivity index is 1.57. The highest BCUT2D eigenvalue weighted by Gasteiger charge is 2.16. The lowest BCUT2D eigenvalue weighted by molar-refractivity contribution is -0.113. The zero-order chi connectivity index (χ0) is 26.2. The Kier molecular flexibility index (Phi) is 9.03. The third-order valence-corrected chi connectivity index (χ3v) is 6.96. The number of rotatable bonds is 11. The molecule has 0 unspecified atom stereocenters. The summed E-state index contributed by atoms with van der Waals surface area (Å²) in [5.74, 6) is 0.107. The molecule has 0 fully saturated rings. The predicted molar refractivity (Wildman–Crippen MR) is 146 cm³/mol. The van der Waals surface area contributed by atoms with Crippen LogP contribution in [-0.2, 0) is 17.9 Å². The highest BCUT2D eigenvalue weighted by molar-refractivity contribution is 7.99. The van der Waals surface area contributed by atoms with Gasteiger partial charge in [0.1, 0.15) is 5.76 Å². The van der Waals surface area contributed by atoms with Crippen LogP contribution < -0.4 is 16.2 Å². The molecule has 2 heterocycles. The van der Waals surface area contributed by atoms with E-state index in [1.165, 1.54) is 11.8 Å². The van der Waals surface area contributed by atoms with Gasteiger partial charge < -0.3 is 15.1 Å². The first kappa shape index (κ1) is 26.5. The molecule has 192 valence electrons. The third-order valence-electron chi connectivity index (χ3n) is 5.65. The van der Waals surface area contributed by atoms with E-state index < -0.39 is 0 Å². The van der Waals surface area contributed by atoms with Gasteiger partial charge in [0.25, 0.3) is 11.5 Å². The van der Waals surface area contributed by atoms with Crippen LogP contribution in [0.25, 0.3) is 10.9 Å². The number of carbonyl (C=O) groups excluding carboxylic acids is 2. The van der Waals surface area contributed by atoms with Crippen molar-refractivity contribution in [2.24, 2.45) is 0 Å². The van der Waals surface area contributed by atoms with Crippen molar-refractivity contribution in [3.63, 3.8) is 0 Å². The molecule has 37 heavy (non-hydrogen) atoms. The molecule has 0 saturated heterocycles. The first-order valence-corrected chi connectivity index (χ1v) is 13.3. The Morgan fingerprint density at radius 1 is 1.11 bits per heavy atom. The topological polar surface area (TPSA) is 106 Å². The molecule has 2 N–H and O–H groups in total. The number of hydrogen-bond donors (Lipinski definition) is 2. The number of hydrogen-bond acceptors (Lipinski definition) is 6. The van der Waals surface area contributed by atoms with E-state index in [9.17, 15) is 14.4 Å².